The number of hydrogen-bond donors (Lipinski definition) is 1. The molecule has 0 aliphatic carbocycles. The van der Waals surface area contributed by atoms with Gasteiger partial charge in [-0.1, -0.05) is 12.1 Å². The van der Waals surface area contributed by atoms with Crippen molar-refractivity contribution in [2.24, 2.45) is 0 Å². The lowest BCUT2D eigenvalue weighted by atomic mass is 10.1. The Hall–Kier alpha value is -3.88. The third-order valence-electron chi connectivity index (χ3n) is 5.54. The minimum Gasteiger partial charge on any atom is -0.481 e. The Morgan fingerprint density at radius 2 is 1.76 bits per heavy atom. The molecule has 1 aliphatic heterocycles. The van der Waals surface area contributed by atoms with E-state index in [-0.39, 0.29) is 5.91 Å². The second-order valence-electron chi connectivity index (χ2n) is 7.77. The van der Waals surface area contributed by atoms with Gasteiger partial charge in [0.2, 0.25) is 17.7 Å². The molecule has 1 aromatic carbocycles. The molecule has 2 aromatic heterocycles. The molecule has 9 nitrogen and oxygen atoms in total. The predicted octanol–water partition coefficient (Wildman–Crippen LogP) is 2.74. The SMILES string of the molecule is COc1cc(COc2ccc(NCc3ccc(N4CCN(C(C)=O)CC4)cc3)nn2)ccn1. The van der Waals surface area contributed by atoms with E-state index in [0.717, 1.165) is 37.3 Å². The van der Waals surface area contributed by atoms with Gasteiger partial charge in [0.15, 0.2) is 0 Å². The van der Waals surface area contributed by atoms with E-state index >= 15 is 0 Å². The van der Waals surface area contributed by atoms with Crippen molar-refractivity contribution in [3.63, 3.8) is 0 Å². The van der Waals surface area contributed by atoms with Gasteiger partial charge in [-0.2, -0.15) is 0 Å². The number of anilines is 2. The van der Waals surface area contributed by atoms with Crippen LogP contribution in [0.5, 0.6) is 11.8 Å². The molecule has 1 saturated heterocycles. The lowest BCUT2D eigenvalue weighted by Gasteiger charge is -2.35. The van der Waals surface area contributed by atoms with E-state index in [1.54, 1.807) is 26.3 Å². The molecule has 0 unspecified atom stereocenters. The van der Waals surface area contributed by atoms with Crippen molar-refractivity contribution in [1.82, 2.24) is 20.1 Å². The van der Waals surface area contributed by atoms with Crippen LogP contribution in [-0.2, 0) is 17.9 Å². The Balaban J connectivity index is 1.24. The van der Waals surface area contributed by atoms with Gasteiger partial charge in [-0.05, 0) is 35.4 Å². The number of carbonyl (C=O) groups is 1. The van der Waals surface area contributed by atoms with Gasteiger partial charge in [-0.3, -0.25) is 4.79 Å². The van der Waals surface area contributed by atoms with Gasteiger partial charge in [-0.15, -0.1) is 10.2 Å². The van der Waals surface area contributed by atoms with Crippen LogP contribution in [0.15, 0.2) is 54.7 Å². The number of ether oxygens (including phenoxy) is 2. The number of pyridine rings is 1. The lowest BCUT2D eigenvalue weighted by Crippen LogP contribution is -2.48. The number of aromatic nitrogens is 3. The number of methoxy groups -OCH3 is 1. The molecule has 1 fully saturated rings. The van der Waals surface area contributed by atoms with E-state index in [1.807, 2.05) is 23.1 Å². The normalized spacial score (nSPS) is 13.5. The third-order valence-corrected chi connectivity index (χ3v) is 5.54. The standard InChI is InChI=1S/C24H28N6O3/c1-18(31)29-11-13-30(14-12-29)21-5-3-19(4-6-21)16-26-22-7-8-23(28-27-22)33-17-20-9-10-25-24(15-20)32-2/h3-10,15H,11-14,16-17H2,1-2H3,(H,26,27). The summed E-state index contributed by atoms with van der Waals surface area (Å²) in [5, 5.41) is 11.6. The summed E-state index contributed by atoms with van der Waals surface area (Å²) < 4.78 is 10.8. The molecular formula is C24H28N6O3. The zero-order valence-corrected chi connectivity index (χ0v) is 18.9. The Bertz CT molecular complexity index is 1050. The average Bonchev–Trinajstić information content (AvgIpc) is 2.87. The van der Waals surface area contributed by atoms with Gasteiger partial charge >= 0.3 is 0 Å². The fraction of sp³-hybridized carbons (Fsp3) is 0.333. The summed E-state index contributed by atoms with van der Waals surface area (Å²) in [5.41, 5.74) is 3.26. The number of benzene rings is 1. The van der Waals surface area contributed by atoms with Crippen molar-refractivity contribution in [3.05, 3.63) is 65.9 Å². The van der Waals surface area contributed by atoms with Gasteiger partial charge < -0.3 is 24.6 Å². The number of hydrogen-bond acceptors (Lipinski definition) is 8. The molecule has 4 rings (SSSR count). The van der Waals surface area contributed by atoms with E-state index < -0.39 is 0 Å². The van der Waals surface area contributed by atoms with Crippen molar-refractivity contribution < 1.29 is 14.3 Å². The molecule has 3 aromatic rings. The first-order valence-electron chi connectivity index (χ1n) is 10.9. The molecule has 1 amide bonds. The molecule has 0 atom stereocenters. The Morgan fingerprint density at radius 3 is 2.42 bits per heavy atom. The van der Waals surface area contributed by atoms with Crippen molar-refractivity contribution in [2.45, 2.75) is 20.1 Å². The molecule has 1 aliphatic rings. The Morgan fingerprint density at radius 1 is 0.970 bits per heavy atom. The Labute approximate surface area is 193 Å². The fourth-order valence-corrected chi connectivity index (χ4v) is 3.60. The largest absolute Gasteiger partial charge is 0.481 e. The Kier molecular flexibility index (Phi) is 7.19. The molecule has 9 heteroatoms. The van der Waals surface area contributed by atoms with Crippen LogP contribution in [0.3, 0.4) is 0 Å². The highest BCUT2D eigenvalue weighted by molar-refractivity contribution is 5.73. The number of nitrogens with zero attached hydrogens (tertiary/aromatic N) is 5. The monoisotopic (exact) mass is 448 g/mol. The topological polar surface area (TPSA) is 92.7 Å². The van der Waals surface area contributed by atoms with Gasteiger partial charge in [0.25, 0.3) is 0 Å². The summed E-state index contributed by atoms with van der Waals surface area (Å²) in [6, 6.07) is 15.8. The molecular weight excluding hydrogens is 420 g/mol. The maximum absolute atomic E-state index is 11.5. The van der Waals surface area contributed by atoms with E-state index in [9.17, 15) is 4.79 Å². The first-order valence-corrected chi connectivity index (χ1v) is 10.9. The van der Waals surface area contributed by atoms with Crippen LogP contribution in [0, 0.1) is 0 Å². The average molecular weight is 449 g/mol. The first-order chi connectivity index (χ1) is 16.1. The summed E-state index contributed by atoms with van der Waals surface area (Å²) in [6.07, 6.45) is 1.68. The maximum atomic E-state index is 11.5. The highest BCUT2D eigenvalue weighted by Crippen LogP contribution is 2.19. The van der Waals surface area contributed by atoms with Crippen LogP contribution in [0.2, 0.25) is 0 Å². The lowest BCUT2D eigenvalue weighted by molar-refractivity contribution is -0.129. The van der Waals surface area contributed by atoms with Gasteiger partial charge in [-0.25, -0.2) is 4.98 Å². The van der Waals surface area contributed by atoms with Crippen LogP contribution < -0.4 is 19.7 Å². The van der Waals surface area contributed by atoms with E-state index in [0.29, 0.717) is 30.7 Å². The van der Waals surface area contributed by atoms with Crippen molar-refractivity contribution in [1.29, 1.82) is 0 Å². The molecule has 33 heavy (non-hydrogen) atoms. The molecule has 0 radical (unpaired) electrons. The highest BCUT2D eigenvalue weighted by Gasteiger charge is 2.18. The molecule has 1 N–H and O–H groups in total. The zero-order valence-electron chi connectivity index (χ0n) is 18.9. The second-order valence-corrected chi connectivity index (χ2v) is 7.77. The van der Waals surface area contributed by atoms with E-state index in [4.69, 9.17) is 9.47 Å². The van der Waals surface area contributed by atoms with Gasteiger partial charge in [0, 0.05) is 63.7 Å². The van der Waals surface area contributed by atoms with E-state index in [2.05, 4.69) is 49.7 Å². The number of piperazine rings is 1. The number of nitrogens with one attached hydrogen (secondary N) is 1. The van der Waals surface area contributed by atoms with Crippen LogP contribution in [0.4, 0.5) is 11.5 Å². The summed E-state index contributed by atoms with van der Waals surface area (Å²) >= 11 is 0. The fourth-order valence-electron chi connectivity index (χ4n) is 3.60. The van der Waals surface area contributed by atoms with Crippen LogP contribution in [-0.4, -0.2) is 59.3 Å². The minimum atomic E-state index is 0.146. The third kappa shape index (κ3) is 6.09. The zero-order chi connectivity index (χ0) is 23.0. The first kappa shape index (κ1) is 22.3. The molecule has 0 spiro atoms. The second kappa shape index (κ2) is 10.6. The van der Waals surface area contributed by atoms with Crippen molar-refractivity contribution in [2.75, 3.05) is 43.5 Å². The van der Waals surface area contributed by atoms with Gasteiger partial charge in [0.05, 0.1) is 7.11 Å². The van der Waals surface area contributed by atoms with E-state index in [1.165, 1.54) is 5.69 Å². The minimum absolute atomic E-state index is 0.146. The van der Waals surface area contributed by atoms with Crippen molar-refractivity contribution >= 4 is 17.4 Å². The summed E-state index contributed by atoms with van der Waals surface area (Å²) in [6.45, 7) is 5.89. The van der Waals surface area contributed by atoms with Crippen molar-refractivity contribution in [3.8, 4) is 11.8 Å². The number of amides is 1. The number of rotatable bonds is 8. The highest BCUT2D eigenvalue weighted by atomic mass is 16.5. The smallest absolute Gasteiger partial charge is 0.233 e. The van der Waals surface area contributed by atoms with Crippen LogP contribution in [0.25, 0.3) is 0 Å². The summed E-state index contributed by atoms with van der Waals surface area (Å²) in [7, 11) is 1.58. The van der Waals surface area contributed by atoms with Gasteiger partial charge in [0.1, 0.15) is 12.4 Å². The molecule has 0 bridgehead atoms. The quantitative estimate of drug-likeness (QED) is 0.562. The summed E-state index contributed by atoms with van der Waals surface area (Å²) in [5.74, 6) is 1.82. The maximum Gasteiger partial charge on any atom is 0.233 e. The molecule has 172 valence electrons. The van der Waals surface area contributed by atoms with Crippen LogP contribution >= 0.6 is 0 Å². The molecule has 3 heterocycles. The van der Waals surface area contributed by atoms with Crippen LogP contribution in [0.1, 0.15) is 18.1 Å². The number of carbonyl (C=O) groups excluding carboxylic acids is 1. The predicted molar refractivity (Wildman–Crippen MR) is 125 cm³/mol. The summed E-state index contributed by atoms with van der Waals surface area (Å²) in [4.78, 5) is 19.8. The molecule has 0 saturated carbocycles.